The van der Waals surface area contributed by atoms with Crippen molar-refractivity contribution in [1.29, 1.82) is 0 Å². The van der Waals surface area contributed by atoms with Gasteiger partial charge in [-0.05, 0) is 20.3 Å². The van der Waals surface area contributed by atoms with Gasteiger partial charge in [0, 0.05) is 7.11 Å². The van der Waals surface area contributed by atoms with Gasteiger partial charge in [0.2, 0.25) is 0 Å². The van der Waals surface area contributed by atoms with Crippen LogP contribution >= 0.6 is 0 Å². The number of amides is 1. The average Bonchev–Trinajstić information content (AvgIpc) is 2.40. The van der Waals surface area contributed by atoms with Gasteiger partial charge < -0.3 is 4.74 Å². The van der Waals surface area contributed by atoms with E-state index in [9.17, 15) is 4.79 Å². The van der Waals surface area contributed by atoms with Crippen LogP contribution < -0.4 is 0 Å². The highest BCUT2D eigenvalue weighted by molar-refractivity contribution is 6.09. The summed E-state index contributed by atoms with van der Waals surface area (Å²) < 4.78 is 5.04. The number of ether oxygens (including phenoxy) is 1. The predicted octanol–water partition coefficient (Wildman–Crippen LogP) is 1.02. The Morgan fingerprint density at radius 3 is 2.69 bits per heavy atom. The van der Waals surface area contributed by atoms with E-state index in [-0.39, 0.29) is 11.9 Å². The predicted molar refractivity (Wildman–Crippen MR) is 50.5 cm³/mol. The van der Waals surface area contributed by atoms with E-state index in [1.165, 1.54) is 12.1 Å². The van der Waals surface area contributed by atoms with Crippen LogP contribution in [0.15, 0.2) is 5.10 Å². The lowest BCUT2D eigenvalue weighted by Crippen LogP contribution is -2.37. The standard InChI is InChI=1S/C9H16N2O2/c1-5-6(2)11-9(12)8(13-4)7(3)10-11/h6,8H,5H2,1-4H3. The van der Waals surface area contributed by atoms with Gasteiger partial charge in [-0.1, -0.05) is 6.92 Å². The zero-order valence-electron chi connectivity index (χ0n) is 8.57. The number of hydrogen-bond acceptors (Lipinski definition) is 3. The Morgan fingerprint density at radius 2 is 2.31 bits per heavy atom. The fourth-order valence-corrected chi connectivity index (χ4v) is 1.33. The molecule has 0 radical (unpaired) electrons. The molecule has 4 nitrogen and oxygen atoms in total. The second kappa shape index (κ2) is 3.87. The summed E-state index contributed by atoms with van der Waals surface area (Å²) in [4.78, 5) is 11.6. The van der Waals surface area contributed by atoms with Crippen molar-refractivity contribution < 1.29 is 9.53 Å². The molecule has 4 heteroatoms. The molecule has 2 unspecified atom stereocenters. The van der Waals surface area contributed by atoms with Gasteiger partial charge in [-0.25, -0.2) is 5.01 Å². The van der Waals surface area contributed by atoms with E-state index in [4.69, 9.17) is 4.74 Å². The van der Waals surface area contributed by atoms with Crippen molar-refractivity contribution in [2.24, 2.45) is 5.10 Å². The Kier molecular flexibility index (Phi) is 3.03. The minimum atomic E-state index is -0.464. The lowest BCUT2D eigenvalue weighted by atomic mass is 10.2. The van der Waals surface area contributed by atoms with Crippen molar-refractivity contribution in [1.82, 2.24) is 5.01 Å². The molecule has 1 amide bonds. The lowest BCUT2D eigenvalue weighted by molar-refractivity contribution is -0.138. The third-order valence-corrected chi connectivity index (χ3v) is 2.34. The zero-order chi connectivity index (χ0) is 10.0. The third-order valence-electron chi connectivity index (χ3n) is 2.34. The maximum absolute atomic E-state index is 11.6. The fourth-order valence-electron chi connectivity index (χ4n) is 1.33. The van der Waals surface area contributed by atoms with E-state index in [2.05, 4.69) is 5.10 Å². The highest BCUT2D eigenvalue weighted by Crippen LogP contribution is 2.16. The van der Waals surface area contributed by atoms with Crippen LogP contribution in [0.5, 0.6) is 0 Å². The van der Waals surface area contributed by atoms with Crippen molar-refractivity contribution in [3.8, 4) is 0 Å². The quantitative estimate of drug-likeness (QED) is 0.657. The first-order chi connectivity index (χ1) is 6.11. The molecule has 1 heterocycles. The first-order valence-corrected chi connectivity index (χ1v) is 4.52. The van der Waals surface area contributed by atoms with E-state index in [0.717, 1.165) is 12.1 Å². The van der Waals surface area contributed by atoms with Crippen LogP contribution in [0.3, 0.4) is 0 Å². The minimum Gasteiger partial charge on any atom is -0.365 e. The molecular formula is C9H16N2O2. The van der Waals surface area contributed by atoms with Gasteiger partial charge in [-0.3, -0.25) is 4.79 Å². The first-order valence-electron chi connectivity index (χ1n) is 4.52. The molecule has 0 fully saturated rings. The third kappa shape index (κ3) is 1.72. The molecule has 1 aliphatic heterocycles. The number of carbonyl (C=O) groups excluding carboxylic acids is 1. The first kappa shape index (κ1) is 10.2. The molecule has 74 valence electrons. The van der Waals surface area contributed by atoms with Gasteiger partial charge in [-0.15, -0.1) is 0 Å². The highest BCUT2D eigenvalue weighted by atomic mass is 16.5. The van der Waals surface area contributed by atoms with Crippen molar-refractivity contribution in [3.63, 3.8) is 0 Å². The van der Waals surface area contributed by atoms with E-state index < -0.39 is 6.10 Å². The lowest BCUT2D eigenvalue weighted by Gasteiger charge is -2.19. The monoisotopic (exact) mass is 184 g/mol. The summed E-state index contributed by atoms with van der Waals surface area (Å²) in [6.07, 6.45) is 0.438. The number of rotatable bonds is 3. The maximum atomic E-state index is 11.6. The topological polar surface area (TPSA) is 41.9 Å². The van der Waals surface area contributed by atoms with Crippen LogP contribution in [0, 0.1) is 0 Å². The Bertz CT molecular complexity index is 238. The summed E-state index contributed by atoms with van der Waals surface area (Å²) in [5, 5.41) is 5.69. The second-order valence-electron chi connectivity index (χ2n) is 3.30. The van der Waals surface area contributed by atoms with Crippen LogP contribution in [-0.2, 0) is 9.53 Å². The van der Waals surface area contributed by atoms with Crippen molar-refractivity contribution >= 4 is 11.6 Å². The molecule has 1 aliphatic rings. The summed E-state index contributed by atoms with van der Waals surface area (Å²) in [5.41, 5.74) is 0.743. The van der Waals surface area contributed by atoms with E-state index in [0.29, 0.717) is 0 Å². The molecule has 0 aromatic heterocycles. The number of hydrazone groups is 1. The Balaban J connectivity index is 2.77. The average molecular weight is 184 g/mol. The van der Waals surface area contributed by atoms with Crippen molar-refractivity contribution in [3.05, 3.63) is 0 Å². The normalized spacial score (nSPS) is 24.9. The zero-order valence-corrected chi connectivity index (χ0v) is 8.57. The molecule has 0 aromatic carbocycles. The smallest absolute Gasteiger partial charge is 0.277 e. The summed E-state index contributed by atoms with van der Waals surface area (Å²) in [6.45, 7) is 5.82. The SMILES string of the molecule is CCC(C)N1N=C(C)C(OC)C1=O. The molecule has 0 aliphatic carbocycles. The Labute approximate surface area is 78.6 Å². The van der Waals surface area contributed by atoms with Gasteiger partial charge in [0.1, 0.15) is 0 Å². The number of methoxy groups -OCH3 is 1. The number of carbonyl (C=O) groups is 1. The van der Waals surface area contributed by atoms with Gasteiger partial charge in [-0.2, -0.15) is 5.10 Å². The molecule has 2 atom stereocenters. The van der Waals surface area contributed by atoms with Gasteiger partial charge in [0.25, 0.3) is 5.91 Å². The van der Waals surface area contributed by atoms with Crippen LogP contribution in [0.4, 0.5) is 0 Å². The molecule has 13 heavy (non-hydrogen) atoms. The molecule has 1 rings (SSSR count). The van der Waals surface area contributed by atoms with Gasteiger partial charge in [0.15, 0.2) is 6.10 Å². The number of nitrogens with zero attached hydrogens (tertiary/aromatic N) is 2. The molecule has 0 saturated heterocycles. The van der Waals surface area contributed by atoms with Crippen LogP contribution in [-0.4, -0.2) is 35.9 Å². The van der Waals surface area contributed by atoms with Crippen LogP contribution in [0.2, 0.25) is 0 Å². The van der Waals surface area contributed by atoms with E-state index in [1.54, 1.807) is 0 Å². The highest BCUT2D eigenvalue weighted by Gasteiger charge is 2.35. The summed E-state index contributed by atoms with van der Waals surface area (Å²) in [6, 6.07) is 0.155. The fraction of sp³-hybridized carbons (Fsp3) is 0.778. The summed E-state index contributed by atoms with van der Waals surface area (Å²) in [5.74, 6) is -0.0469. The largest absolute Gasteiger partial charge is 0.365 e. The number of hydrogen-bond donors (Lipinski definition) is 0. The Hall–Kier alpha value is -0.900. The molecule has 0 bridgehead atoms. The summed E-state index contributed by atoms with van der Waals surface area (Å²) in [7, 11) is 1.53. The maximum Gasteiger partial charge on any atom is 0.277 e. The molecule has 0 N–H and O–H groups in total. The van der Waals surface area contributed by atoms with Crippen molar-refractivity contribution in [2.45, 2.75) is 39.3 Å². The van der Waals surface area contributed by atoms with Gasteiger partial charge >= 0.3 is 0 Å². The summed E-state index contributed by atoms with van der Waals surface area (Å²) >= 11 is 0. The van der Waals surface area contributed by atoms with Gasteiger partial charge in [0.05, 0.1) is 11.8 Å². The Morgan fingerprint density at radius 1 is 1.69 bits per heavy atom. The molecule has 0 spiro atoms. The molecular weight excluding hydrogens is 168 g/mol. The van der Waals surface area contributed by atoms with Crippen LogP contribution in [0.1, 0.15) is 27.2 Å². The van der Waals surface area contributed by atoms with E-state index in [1.807, 2.05) is 20.8 Å². The van der Waals surface area contributed by atoms with Crippen LogP contribution in [0.25, 0.3) is 0 Å². The molecule has 0 aromatic rings. The second-order valence-corrected chi connectivity index (χ2v) is 3.30. The van der Waals surface area contributed by atoms with Crippen molar-refractivity contribution in [2.75, 3.05) is 7.11 Å². The van der Waals surface area contributed by atoms with E-state index >= 15 is 0 Å². The minimum absolute atomic E-state index is 0.0469. The molecule has 0 saturated carbocycles.